The number of nitrogens with zero attached hydrogens (tertiary/aromatic N) is 2. The first-order valence-corrected chi connectivity index (χ1v) is 12.1. The lowest BCUT2D eigenvalue weighted by atomic mass is 10.0. The molecule has 6 heteroatoms. The van der Waals surface area contributed by atoms with Gasteiger partial charge in [0.1, 0.15) is 0 Å². The van der Waals surface area contributed by atoms with Gasteiger partial charge in [-0.05, 0) is 68.5 Å². The van der Waals surface area contributed by atoms with E-state index >= 15 is 0 Å². The van der Waals surface area contributed by atoms with E-state index in [0.717, 1.165) is 54.6 Å². The van der Waals surface area contributed by atoms with Crippen LogP contribution in [0.4, 0.5) is 21.0 Å². The number of benzene rings is 2. The number of ether oxygens (including phenoxy) is 2. The van der Waals surface area contributed by atoms with Crippen molar-refractivity contribution in [1.82, 2.24) is 0 Å². The quantitative estimate of drug-likeness (QED) is 0.354. The van der Waals surface area contributed by atoms with E-state index in [1.165, 1.54) is 0 Å². The number of hydrogen-bond acceptors (Lipinski definition) is 4. The summed E-state index contributed by atoms with van der Waals surface area (Å²) >= 11 is 0. The first kappa shape index (κ1) is 26.2. The molecule has 180 valence electrons. The van der Waals surface area contributed by atoms with Gasteiger partial charge in [0.2, 0.25) is 0 Å². The molecule has 0 saturated carbocycles. The molecule has 0 aliphatic heterocycles. The number of amides is 2. The molecule has 0 bridgehead atoms. The normalized spacial score (nSPS) is 10.5. The van der Waals surface area contributed by atoms with Crippen LogP contribution in [0, 0.1) is 0 Å². The van der Waals surface area contributed by atoms with Crippen molar-refractivity contribution in [2.45, 2.75) is 59.8 Å². The Morgan fingerprint density at radius 1 is 0.636 bits per heavy atom. The molecule has 0 aromatic heterocycles. The van der Waals surface area contributed by atoms with Gasteiger partial charge in [-0.2, -0.15) is 0 Å². The predicted molar refractivity (Wildman–Crippen MR) is 134 cm³/mol. The largest absolute Gasteiger partial charge is 0.449 e. The molecule has 0 radical (unpaired) electrons. The Hall–Kier alpha value is -3.02. The topological polar surface area (TPSA) is 59.1 Å². The number of hydrogen-bond donors (Lipinski definition) is 0. The Kier molecular flexibility index (Phi) is 11.3. The summed E-state index contributed by atoms with van der Waals surface area (Å²) < 4.78 is 10.4. The lowest BCUT2D eigenvalue weighted by Crippen LogP contribution is -2.32. The van der Waals surface area contributed by atoms with Crippen molar-refractivity contribution < 1.29 is 19.1 Å². The van der Waals surface area contributed by atoms with E-state index in [2.05, 4.69) is 13.8 Å². The summed E-state index contributed by atoms with van der Waals surface area (Å²) in [5.41, 5.74) is 4.00. The molecule has 0 aliphatic carbocycles. The molecule has 33 heavy (non-hydrogen) atoms. The van der Waals surface area contributed by atoms with E-state index in [-0.39, 0.29) is 12.2 Å². The van der Waals surface area contributed by atoms with Crippen LogP contribution in [0.25, 0.3) is 0 Å². The lowest BCUT2D eigenvalue weighted by molar-refractivity contribution is 0.158. The monoisotopic (exact) mass is 454 g/mol. The third-order valence-electron chi connectivity index (χ3n) is 5.35. The van der Waals surface area contributed by atoms with Gasteiger partial charge in [-0.25, -0.2) is 9.59 Å². The van der Waals surface area contributed by atoms with Gasteiger partial charge in [-0.15, -0.1) is 0 Å². The summed E-state index contributed by atoms with van der Waals surface area (Å²) in [5, 5.41) is 0. The third-order valence-corrected chi connectivity index (χ3v) is 5.35. The second kappa shape index (κ2) is 14.2. The summed E-state index contributed by atoms with van der Waals surface area (Å²) in [6, 6.07) is 16.1. The van der Waals surface area contributed by atoms with Gasteiger partial charge in [0.15, 0.2) is 0 Å². The highest BCUT2D eigenvalue weighted by Crippen LogP contribution is 2.22. The first-order chi connectivity index (χ1) is 16.0. The molecule has 2 rings (SSSR count). The van der Waals surface area contributed by atoms with Crippen LogP contribution in [0.5, 0.6) is 0 Å². The van der Waals surface area contributed by atoms with Crippen LogP contribution < -0.4 is 9.80 Å². The van der Waals surface area contributed by atoms with Gasteiger partial charge in [0.25, 0.3) is 0 Å². The van der Waals surface area contributed by atoms with Crippen LogP contribution in [-0.2, 0) is 15.9 Å². The maximum absolute atomic E-state index is 12.3. The Morgan fingerprint density at radius 3 is 1.30 bits per heavy atom. The van der Waals surface area contributed by atoms with Crippen molar-refractivity contribution in [2.75, 3.05) is 36.1 Å². The van der Waals surface area contributed by atoms with Crippen molar-refractivity contribution in [3.8, 4) is 0 Å². The fraction of sp³-hybridized carbons (Fsp3) is 0.481. The molecule has 0 N–H and O–H groups in total. The summed E-state index contributed by atoms with van der Waals surface area (Å²) in [5.74, 6) is 0. The molecule has 2 aromatic rings. The van der Waals surface area contributed by atoms with Gasteiger partial charge in [0, 0.05) is 24.5 Å². The minimum absolute atomic E-state index is 0.302. The van der Waals surface area contributed by atoms with E-state index < -0.39 is 0 Å². The first-order valence-electron chi connectivity index (χ1n) is 12.1. The number of unbranched alkanes of at least 4 members (excludes halogenated alkanes) is 2. The Balaban J connectivity index is 2.09. The second-order valence-electron chi connectivity index (χ2n) is 7.92. The maximum Gasteiger partial charge on any atom is 0.414 e. The molecule has 0 atom stereocenters. The summed E-state index contributed by atoms with van der Waals surface area (Å²) in [7, 11) is 0. The SMILES string of the molecule is CCCCN(C(=O)OCC)c1ccc(Cc2ccc(N(CCCC)C(=O)OCC)cc2)cc1. The van der Waals surface area contributed by atoms with Crippen LogP contribution >= 0.6 is 0 Å². The van der Waals surface area contributed by atoms with E-state index in [0.29, 0.717) is 26.3 Å². The second-order valence-corrected chi connectivity index (χ2v) is 7.92. The molecule has 0 heterocycles. The Labute approximate surface area is 198 Å². The van der Waals surface area contributed by atoms with E-state index in [4.69, 9.17) is 9.47 Å². The van der Waals surface area contributed by atoms with Crippen molar-refractivity contribution in [3.05, 3.63) is 59.7 Å². The van der Waals surface area contributed by atoms with Gasteiger partial charge < -0.3 is 9.47 Å². The molecule has 0 spiro atoms. The minimum atomic E-state index is -0.302. The van der Waals surface area contributed by atoms with Gasteiger partial charge in [0.05, 0.1) is 13.2 Å². The third kappa shape index (κ3) is 8.12. The average molecular weight is 455 g/mol. The fourth-order valence-corrected chi connectivity index (χ4v) is 3.51. The van der Waals surface area contributed by atoms with Gasteiger partial charge in [-0.3, -0.25) is 9.80 Å². The van der Waals surface area contributed by atoms with Crippen LogP contribution in [0.15, 0.2) is 48.5 Å². The summed E-state index contributed by atoms with van der Waals surface area (Å²) in [6.45, 7) is 9.86. The Bertz CT molecular complexity index is 778. The number of carbonyl (C=O) groups excluding carboxylic acids is 2. The number of anilines is 2. The molecule has 2 aromatic carbocycles. The summed E-state index contributed by atoms with van der Waals surface area (Å²) in [4.78, 5) is 28.1. The van der Waals surface area contributed by atoms with Crippen molar-refractivity contribution in [3.63, 3.8) is 0 Å². The minimum Gasteiger partial charge on any atom is -0.449 e. The summed E-state index contributed by atoms with van der Waals surface area (Å²) in [6.07, 6.45) is 4.03. The van der Waals surface area contributed by atoms with Gasteiger partial charge in [-0.1, -0.05) is 51.0 Å². The van der Waals surface area contributed by atoms with E-state index in [1.807, 2.05) is 62.4 Å². The van der Waals surface area contributed by atoms with Crippen LogP contribution in [0.2, 0.25) is 0 Å². The lowest BCUT2D eigenvalue weighted by Gasteiger charge is -2.22. The number of rotatable bonds is 12. The average Bonchev–Trinajstić information content (AvgIpc) is 2.82. The standard InChI is InChI=1S/C27H38N2O4/c1-5-9-19-28(26(30)32-7-3)24-15-11-22(12-16-24)21-23-13-17-25(18-14-23)29(20-10-6-2)27(31)33-8-4/h11-18H,5-10,19-21H2,1-4H3. The smallest absolute Gasteiger partial charge is 0.414 e. The van der Waals surface area contributed by atoms with Gasteiger partial charge >= 0.3 is 12.2 Å². The molecule has 0 saturated heterocycles. The highest BCUT2D eigenvalue weighted by atomic mass is 16.6. The highest BCUT2D eigenvalue weighted by Gasteiger charge is 2.17. The van der Waals surface area contributed by atoms with Crippen molar-refractivity contribution in [2.24, 2.45) is 0 Å². The van der Waals surface area contributed by atoms with Crippen LogP contribution in [0.3, 0.4) is 0 Å². The zero-order chi connectivity index (χ0) is 24.1. The zero-order valence-electron chi connectivity index (χ0n) is 20.5. The molecule has 0 fully saturated rings. The highest BCUT2D eigenvalue weighted by molar-refractivity contribution is 5.88. The maximum atomic E-state index is 12.3. The van der Waals surface area contributed by atoms with Crippen LogP contribution in [0.1, 0.15) is 64.5 Å². The molecule has 6 nitrogen and oxygen atoms in total. The van der Waals surface area contributed by atoms with Crippen molar-refractivity contribution >= 4 is 23.6 Å². The Morgan fingerprint density at radius 2 is 1.00 bits per heavy atom. The molecule has 0 aliphatic rings. The molecular weight excluding hydrogens is 416 g/mol. The zero-order valence-corrected chi connectivity index (χ0v) is 20.5. The molecular formula is C27H38N2O4. The molecule has 2 amide bonds. The van der Waals surface area contributed by atoms with Crippen molar-refractivity contribution in [1.29, 1.82) is 0 Å². The number of carbonyl (C=O) groups is 2. The predicted octanol–water partition coefficient (Wildman–Crippen LogP) is 6.80. The van der Waals surface area contributed by atoms with Crippen LogP contribution in [-0.4, -0.2) is 38.5 Å². The van der Waals surface area contributed by atoms with E-state index in [9.17, 15) is 9.59 Å². The van der Waals surface area contributed by atoms with E-state index in [1.54, 1.807) is 9.80 Å². The molecule has 0 unspecified atom stereocenters. The fourth-order valence-electron chi connectivity index (χ4n) is 3.51.